The zero-order chi connectivity index (χ0) is 36.4. The van der Waals surface area contributed by atoms with Crippen molar-refractivity contribution in [3.8, 4) is 0 Å². The molecule has 24 heteroatoms. The van der Waals surface area contributed by atoms with Crippen molar-refractivity contribution in [3.63, 3.8) is 0 Å². The lowest BCUT2D eigenvalue weighted by Gasteiger charge is -2.49. The van der Waals surface area contributed by atoms with Crippen molar-refractivity contribution in [2.75, 3.05) is 31.0 Å². The number of carbonyl (C=O) groups excluding carboxylic acids is 3. The Morgan fingerprint density at radius 1 is 1.26 bits per heavy atom. The third-order valence-corrected chi connectivity index (χ3v) is 10.4. The molecule has 6 heterocycles. The number of hydrogen-bond acceptors (Lipinski definition) is 17. The number of carbonyl (C=O) groups is 5. The number of ether oxygens (including phenoxy) is 1. The highest BCUT2D eigenvalue weighted by Gasteiger charge is 2.55. The molecule has 2 aromatic heterocycles. The number of nitrogens with one attached hydrogen (secondary N) is 2. The number of aliphatic carboxylic acids is 2. The number of nitrogen functional groups attached to an aromatic ring is 1. The number of aliphatic hydroxyl groups is 1. The van der Waals surface area contributed by atoms with Gasteiger partial charge in [-0.25, -0.2) is 14.6 Å². The van der Waals surface area contributed by atoms with Crippen molar-refractivity contribution < 1.29 is 48.9 Å². The van der Waals surface area contributed by atoms with E-state index in [2.05, 4.69) is 25.5 Å². The molecular formula is C26H27N9O12S3. The summed E-state index contributed by atoms with van der Waals surface area (Å²) in [6.07, 6.45) is 1.03. The number of anilines is 1. The van der Waals surface area contributed by atoms with E-state index in [9.17, 15) is 38.7 Å². The average molecular weight is 754 g/mol. The van der Waals surface area contributed by atoms with E-state index in [0.717, 1.165) is 28.0 Å². The molecule has 0 saturated carbocycles. The molecule has 0 bridgehead atoms. The average Bonchev–Trinajstić information content (AvgIpc) is 3.63. The molecule has 4 aliphatic heterocycles. The molecule has 266 valence electrons. The van der Waals surface area contributed by atoms with Gasteiger partial charge in [0.15, 0.2) is 28.3 Å². The molecule has 3 saturated heterocycles. The lowest BCUT2D eigenvalue weighted by atomic mass is 10.0. The van der Waals surface area contributed by atoms with E-state index in [4.69, 9.17) is 25.5 Å². The molecule has 2 aromatic rings. The third kappa shape index (κ3) is 6.94. The first-order valence-electron chi connectivity index (χ1n) is 14.1. The number of thiazole rings is 1. The SMILES string of the molecule is CO/N=C(/C(=O)N[C@@H]1C(=O)N2C(C(=O)O)=C(CSc3nc(=O)c(=O)[nH]n3C)CS[C@H]12)c1csc(N)n1.O=C(O)[C@H]1/C(=C/CO)O[C@@H]2CC(=O)N21. The fraction of sp³-hybridized carbons (Fsp3) is 0.385. The number of oxime groups is 1. The van der Waals surface area contributed by atoms with Crippen LogP contribution in [0, 0.1) is 0 Å². The number of rotatable bonds is 10. The quantitative estimate of drug-likeness (QED) is 0.0473. The summed E-state index contributed by atoms with van der Waals surface area (Å²) in [6.45, 7) is -0.298. The molecule has 4 aliphatic rings. The van der Waals surface area contributed by atoms with Gasteiger partial charge in [0.2, 0.25) is 5.91 Å². The molecule has 7 N–H and O–H groups in total. The van der Waals surface area contributed by atoms with Gasteiger partial charge in [0.05, 0.1) is 13.0 Å². The maximum atomic E-state index is 12.9. The van der Waals surface area contributed by atoms with Crippen molar-refractivity contribution in [2.24, 2.45) is 12.2 Å². The molecule has 3 amide bonds. The standard InChI is InChI=1S/C18H18N8O7S3.C8H9NO5/c1-25-18(22-12(28)13(29)23-25)36-4-6-3-34-15-9(14(30)26(15)10(6)16(31)32)21-11(27)8(24-33-2)7-5-35-17(19)20-7;10-2-1-4-7(8(12)13)9-5(11)3-6(9)14-4/h5,9,15H,3-4H2,1-2H3,(H2,19,20)(H,21,27)(H,23,29)(H,31,32);1,6-7,10H,2-3H2,(H,12,13)/b24-8+;4-1-/t9-,15-;6-,7-/m11/s1. The highest BCUT2D eigenvalue weighted by molar-refractivity contribution is 8.01. The number of thioether (sulfide) groups is 2. The van der Waals surface area contributed by atoms with E-state index in [1.807, 2.05) is 0 Å². The molecule has 6 rings (SSSR count). The van der Waals surface area contributed by atoms with Crippen LogP contribution in [0.1, 0.15) is 12.1 Å². The lowest BCUT2D eigenvalue weighted by molar-refractivity contribution is -0.163. The Hall–Kier alpha value is -5.20. The minimum absolute atomic E-state index is 0.102. The van der Waals surface area contributed by atoms with Crippen LogP contribution < -0.4 is 22.2 Å². The van der Waals surface area contributed by atoms with Gasteiger partial charge in [-0.05, 0) is 11.6 Å². The smallest absolute Gasteiger partial charge is 0.352 e. The largest absolute Gasteiger partial charge is 0.479 e. The van der Waals surface area contributed by atoms with Crippen LogP contribution in [0.5, 0.6) is 0 Å². The van der Waals surface area contributed by atoms with Crippen LogP contribution >= 0.6 is 34.9 Å². The van der Waals surface area contributed by atoms with E-state index in [-0.39, 0.29) is 63.6 Å². The van der Waals surface area contributed by atoms with Gasteiger partial charge in [-0.15, -0.1) is 23.1 Å². The van der Waals surface area contributed by atoms with Crippen LogP contribution in [-0.4, -0.2) is 129 Å². The molecule has 3 fully saturated rings. The zero-order valence-electron chi connectivity index (χ0n) is 25.8. The van der Waals surface area contributed by atoms with E-state index < -0.39 is 58.6 Å². The van der Waals surface area contributed by atoms with Gasteiger partial charge in [0.25, 0.3) is 11.8 Å². The fourth-order valence-electron chi connectivity index (χ4n) is 5.10. The van der Waals surface area contributed by atoms with Crippen molar-refractivity contribution in [1.29, 1.82) is 0 Å². The summed E-state index contributed by atoms with van der Waals surface area (Å²) in [5.74, 6) is -3.52. The second-order valence-corrected chi connectivity index (χ2v) is 13.3. The van der Waals surface area contributed by atoms with E-state index in [0.29, 0.717) is 5.57 Å². The number of aryl methyl sites for hydroxylation is 1. The highest BCUT2D eigenvalue weighted by atomic mass is 32.2. The number of β-lactam (4-membered cyclic amide) rings is 2. The summed E-state index contributed by atoms with van der Waals surface area (Å²) in [6, 6.07) is -2.06. The van der Waals surface area contributed by atoms with E-state index >= 15 is 0 Å². The molecule has 50 heavy (non-hydrogen) atoms. The molecule has 0 aromatic carbocycles. The third-order valence-electron chi connectivity index (χ3n) is 7.32. The molecule has 21 nitrogen and oxygen atoms in total. The highest BCUT2D eigenvalue weighted by Crippen LogP contribution is 2.41. The van der Waals surface area contributed by atoms with Crippen LogP contribution in [0.2, 0.25) is 0 Å². The van der Waals surface area contributed by atoms with Gasteiger partial charge in [-0.2, -0.15) is 4.98 Å². The molecular weight excluding hydrogens is 727 g/mol. The molecule has 0 radical (unpaired) electrons. The van der Waals surface area contributed by atoms with Gasteiger partial charge in [0, 0.05) is 23.9 Å². The number of fused-ring (bicyclic) bond motifs is 2. The second kappa shape index (κ2) is 14.7. The number of carboxylic acids is 2. The van der Waals surface area contributed by atoms with Crippen LogP contribution in [-0.2, 0) is 40.6 Å². The molecule has 0 aliphatic carbocycles. The Morgan fingerprint density at radius 3 is 2.60 bits per heavy atom. The van der Waals surface area contributed by atoms with Gasteiger partial charge >= 0.3 is 23.1 Å². The first-order valence-corrected chi connectivity index (χ1v) is 17.0. The first-order chi connectivity index (χ1) is 23.8. The number of amides is 3. The fourth-order valence-corrected chi connectivity index (χ4v) is 8.05. The minimum Gasteiger partial charge on any atom is -0.479 e. The summed E-state index contributed by atoms with van der Waals surface area (Å²) in [5, 5.41) is 37.1. The molecule has 0 unspecified atom stereocenters. The number of aromatic amines is 1. The van der Waals surface area contributed by atoms with Crippen molar-refractivity contribution >= 4 is 75.4 Å². The first kappa shape index (κ1) is 36.1. The van der Waals surface area contributed by atoms with Crippen LogP contribution in [0.25, 0.3) is 0 Å². The minimum atomic E-state index is -1.31. The van der Waals surface area contributed by atoms with Crippen molar-refractivity contribution in [1.82, 2.24) is 34.9 Å². The van der Waals surface area contributed by atoms with E-state index in [1.54, 1.807) is 0 Å². The number of nitrogens with two attached hydrogens (primary N) is 1. The number of H-pyrrole nitrogens is 1. The van der Waals surface area contributed by atoms with Crippen LogP contribution in [0.15, 0.2) is 48.4 Å². The number of carboxylic acid groups (broad SMARTS) is 2. The van der Waals surface area contributed by atoms with Gasteiger partial charge in [-0.1, -0.05) is 16.9 Å². The van der Waals surface area contributed by atoms with Gasteiger partial charge in [-0.3, -0.25) is 43.6 Å². The summed E-state index contributed by atoms with van der Waals surface area (Å²) in [7, 11) is 2.74. The number of aromatic nitrogens is 4. The van der Waals surface area contributed by atoms with Gasteiger partial charge in [0.1, 0.15) is 35.7 Å². The topological polar surface area (TPSA) is 302 Å². The molecule has 0 spiro atoms. The Labute approximate surface area is 291 Å². The number of hydrogen-bond donors (Lipinski definition) is 6. The predicted molar refractivity (Wildman–Crippen MR) is 174 cm³/mol. The molecule has 4 atom stereocenters. The maximum Gasteiger partial charge on any atom is 0.352 e. The summed E-state index contributed by atoms with van der Waals surface area (Å²) in [4.78, 5) is 97.3. The Kier molecular flexibility index (Phi) is 10.6. The summed E-state index contributed by atoms with van der Waals surface area (Å²) < 4.78 is 6.42. The van der Waals surface area contributed by atoms with Crippen LogP contribution in [0.3, 0.4) is 0 Å². The van der Waals surface area contributed by atoms with Gasteiger partial charge < -0.3 is 35.9 Å². The van der Waals surface area contributed by atoms with Crippen LogP contribution in [0.4, 0.5) is 5.13 Å². The number of aliphatic hydroxyl groups excluding tert-OH is 1. The second-order valence-electron chi connectivity index (χ2n) is 10.4. The monoisotopic (exact) mass is 753 g/mol. The van der Waals surface area contributed by atoms with E-state index in [1.165, 1.54) is 47.0 Å². The normalized spacial score (nSPS) is 23.2. The Morgan fingerprint density at radius 2 is 2.00 bits per heavy atom. The van der Waals surface area contributed by atoms with Crippen molar-refractivity contribution in [3.05, 3.63) is 54.9 Å². The number of nitrogens with zero attached hydrogens (tertiary/aromatic N) is 6. The predicted octanol–water partition coefficient (Wildman–Crippen LogP) is -2.71. The summed E-state index contributed by atoms with van der Waals surface area (Å²) in [5.41, 5.74) is 4.00. The zero-order valence-corrected chi connectivity index (χ0v) is 28.2. The maximum absolute atomic E-state index is 12.9. The van der Waals surface area contributed by atoms with Crippen molar-refractivity contribution in [2.45, 2.75) is 35.3 Å². The summed E-state index contributed by atoms with van der Waals surface area (Å²) >= 11 is 3.41. The Bertz CT molecular complexity index is 1970. The lowest BCUT2D eigenvalue weighted by Crippen LogP contribution is -2.71. The Balaban J connectivity index is 0.000000288.